The number of likely N-dealkylation sites (N-methyl/N-ethyl adjacent to an activating group) is 1. The van der Waals surface area contributed by atoms with E-state index < -0.39 is 0 Å². The number of carbonyl (C=O) groups is 1. The molecule has 0 fully saturated rings. The lowest BCUT2D eigenvalue weighted by Crippen LogP contribution is -2.37. The average Bonchev–Trinajstić information content (AvgIpc) is 2.94. The van der Waals surface area contributed by atoms with E-state index in [0.29, 0.717) is 24.2 Å². The molecule has 2 heterocycles. The van der Waals surface area contributed by atoms with Crippen LogP contribution in [-0.4, -0.2) is 33.4 Å². The second-order valence-electron chi connectivity index (χ2n) is 5.82. The standard InChI is InChI=1S/C18H19N3O3/c1-4-20(9-12(2)3)15(22)10-21-11-19-16-13-7-5-6-8-14(13)24-17(16)18(21)23/h5-8,11H,2,4,9-10H2,1,3H3. The molecule has 0 saturated heterocycles. The SMILES string of the molecule is C=C(C)CN(CC)C(=O)Cn1cnc2c(oc3ccccc32)c1=O. The quantitative estimate of drug-likeness (QED) is 0.676. The Bertz CT molecular complexity index is 984. The molecule has 1 aromatic carbocycles. The summed E-state index contributed by atoms with van der Waals surface area (Å²) < 4.78 is 6.91. The van der Waals surface area contributed by atoms with Crippen molar-refractivity contribution in [2.75, 3.05) is 13.1 Å². The van der Waals surface area contributed by atoms with Gasteiger partial charge in [-0.15, -0.1) is 0 Å². The molecule has 0 aliphatic heterocycles. The van der Waals surface area contributed by atoms with E-state index in [0.717, 1.165) is 11.0 Å². The maximum absolute atomic E-state index is 12.6. The molecule has 124 valence electrons. The third-order valence-electron chi connectivity index (χ3n) is 3.85. The first-order chi connectivity index (χ1) is 11.5. The van der Waals surface area contributed by atoms with E-state index >= 15 is 0 Å². The third kappa shape index (κ3) is 2.82. The van der Waals surface area contributed by atoms with Gasteiger partial charge in [0.1, 0.15) is 17.6 Å². The molecule has 0 atom stereocenters. The molecule has 0 bridgehead atoms. The van der Waals surface area contributed by atoms with Crippen molar-refractivity contribution in [1.29, 1.82) is 0 Å². The van der Waals surface area contributed by atoms with Crippen LogP contribution in [0.5, 0.6) is 0 Å². The first-order valence-electron chi connectivity index (χ1n) is 7.80. The van der Waals surface area contributed by atoms with Crippen LogP contribution < -0.4 is 5.56 Å². The first-order valence-corrected chi connectivity index (χ1v) is 7.80. The molecule has 0 N–H and O–H groups in total. The zero-order valence-electron chi connectivity index (χ0n) is 13.8. The van der Waals surface area contributed by atoms with E-state index in [-0.39, 0.29) is 23.6 Å². The van der Waals surface area contributed by atoms with Crippen molar-refractivity contribution < 1.29 is 9.21 Å². The van der Waals surface area contributed by atoms with Gasteiger partial charge in [0.25, 0.3) is 5.56 Å². The second-order valence-corrected chi connectivity index (χ2v) is 5.82. The number of fused-ring (bicyclic) bond motifs is 3. The molecule has 0 aliphatic carbocycles. The summed E-state index contributed by atoms with van der Waals surface area (Å²) >= 11 is 0. The molecule has 24 heavy (non-hydrogen) atoms. The van der Waals surface area contributed by atoms with Crippen molar-refractivity contribution in [2.24, 2.45) is 0 Å². The molecule has 0 unspecified atom stereocenters. The molecule has 0 aliphatic rings. The normalized spacial score (nSPS) is 11.1. The van der Waals surface area contributed by atoms with Gasteiger partial charge in [-0.05, 0) is 26.0 Å². The molecule has 6 nitrogen and oxygen atoms in total. The van der Waals surface area contributed by atoms with Crippen LogP contribution in [0.25, 0.3) is 22.1 Å². The molecule has 3 aromatic rings. The number of benzene rings is 1. The predicted octanol–water partition coefficient (Wildman–Crippen LogP) is 2.57. The van der Waals surface area contributed by atoms with Gasteiger partial charge < -0.3 is 9.32 Å². The van der Waals surface area contributed by atoms with Gasteiger partial charge >= 0.3 is 0 Å². The minimum atomic E-state index is -0.351. The number of rotatable bonds is 5. The van der Waals surface area contributed by atoms with Crippen molar-refractivity contribution in [3.05, 3.63) is 53.1 Å². The Balaban J connectivity index is 1.97. The highest BCUT2D eigenvalue weighted by atomic mass is 16.3. The maximum atomic E-state index is 12.6. The number of carbonyl (C=O) groups excluding carboxylic acids is 1. The monoisotopic (exact) mass is 325 g/mol. The van der Waals surface area contributed by atoms with Crippen LogP contribution in [0.15, 0.2) is 52.0 Å². The van der Waals surface area contributed by atoms with Crippen LogP contribution in [0.2, 0.25) is 0 Å². The van der Waals surface area contributed by atoms with Crippen LogP contribution >= 0.6 is 0 Å². The Kier molecular flexibility index (Phi) is 4.20. The Morgan fingerprint density at radius 1 is 1.38 bits per heavy atom. The highest BCUT2D eigenvalue weighted by molar-refractivity contribution is 6.01. The molecule has 0 saturated carbocycles. The van der Waals surface area contributed by atoms with Crippen LogP contribution in [-0.2, 0) is 11.3 Å². The van der Waals surface area contributed by atoms with Gasteiger partial charge in [0.05, 0.1) is 6.33 Å². The van der Waals surface area contributed by atoms with Crippen LogP contribution in [0.1, 0.15) is 13.8 Å². The van der Waals surface area contributed by atoms with E-state index in [9.17, 15) is 9.59 Å². The Labute approximate surface area is 139 Å². The highest BCUT2D eigenvalue weighted by Crippen LogP contribution is 2.23. The van der Waals surface area contributed by atoms with Gasteiger partial charge in [0, 0.05) is 18.5 Å². The fraction of sp³-hybridized carbons (Fsp3) is 0.278. The van der Waals surface area contributed by atoms with E-state index in [2.05, 4.69) is 11.6 Å². The number of para-hydroxylation sites is 1. The van der Waals surface area contributed by atoms with Gasteiger partial charge in [-0.25, -0.2) is 4.98 Å². The highest BCUT2D eigenvalue weighted by Gasteiger charge is 2.17. The molecule has 1 amide bonds. The largest absolute Gasteiger partial charge is 0.448 e. The van der Waals surface area contributed by atoms with Crippen molar-refractivity contribution in [2.45, 2.75) is 20.4 Å². The first kappa shape index (κ1) is 16.0. The fourth-order valence-corrected chi connectivity index (χ4v) is 2.68. The topological polar surface area (TPSA) is 68.3 Å². The van der Waals surface area contributed by atoms with Crippen molar-refractivity contribution in [1.82, 2.24) is 14.5 Å². The molecular formula is C18H19N3O3. The molecule has 6 heteroatoms. The van der Waals surface area contributed by atoms with Gasteiger partial charge in [0.15, 0.2) is 0 Å². The maximum Gasteiger partial charge on any atom is 0.297 e. The summed E-state index contributed by atoms with van der Waals surface area (Å²) in [7, 11) is 0. The lowest BCUT2D eigenvalue weighted by atomic mass is 10.2. The number of hydrogen-bond acceptors (Lipinski definition) is 4. The number of aromatic nitrogens is 2. The molecular weight excluding hydrogens is 306 g/mol. The summed E-state index contributed by atoms with van der Waals surface area (Å²) in [4.78, 5) is 31.0. The minimum Gasteiger partial charge on any atom is -0.448 e. The Hall–Kier alpha value is -2.89. The van der Waals surface area contributed by atoms with E-state index in [4.69, 9.17) is 4.42 Å². The second kappa shape index (κ2) is 6.31. The minimum absolute atomic E-state index is 0.0695. The van der Waals surface area contributed by atoms with Crippen LogP contribution in [0, 0.1) is 0 Å². The summed E-state index contributed by atoms with van der Waals surface area (Å²) in [5.74, 6) is -0.153. The zero-order chi connectivity index (χ0) is 17.3. The lowest BCUT2D eigenvalue weighted by Gasteiger charge is -2.21. The van der Waals surface area contributed by atoms with Gasteiger partial charge in [-0.2, -0.15) is 0 Å². The lowest BCUT2D eigenvalue weighted by molar-refractivity contribution is -0.131. The molecule has 2 aromatic heterocycles. The van der Waals surface area contributed by atoms with E-state index in [1.807, 2.05) is 32.0 Å². The van der Waals surface area contributed by atoms with Gasteiger partial charge in [-0.3, -0.25) is 14.2 Å². The van der Waals surface area contributed by atoms with Gasteiger partial charge in [-0.1, -0.05) is 24.3 Å². The van der Waals surface area contributed by atoms with Crippen LogP contribution in [0.4, 0.5) is 0 Å². The van der Waals surface area contributed by atoms with Crippen molar-refractivity contribution in [3.8, 4) is 0 Å². The smallest absolute Gasteiger partial charge is 0.297 e. The number of furan rings is 1. The summed E-state index contributed by atoms with van der Waals surface area (Å²) in [6.07, 6.45) is 1.40. The fourth-order valence-electron chi connectivity index (χ4n) is 2.68. The number of nitrogens with zero attached hydrogens (tertiary/aromatic N) is 3. The van der Waals surface area contributed by atoms with Gasteiger partial charge in [0.2, 0.25) is 11.5 Å². The van der Waals surface area contributed by atoms with E-state index in [1.165, 1.54) is 10.9 Å². The summed E-state index contributed by atoms with van der Waals surface area (Å²) in [6.45, 7) is 8.55. The summed E-state index contributed by atoms with van der Waals surface area (Å²) in [6, 6.07) is 7.35. The molecule has 0 radical (unpaired) electrons. The Morgan fingerprint density at radius 2 is 2.12 bits per heavy atom. The third-order valence-corrected chi connectivity index (χ3v) is 3.85. The zero-order valence-corrected chi connectivity index (χ0v) is 13.8. The predicted molar refractivity (Wildman–Crippen MR) is 92.8 cm³/mol. The average molecular weight is 325 g/mol. The van der Waals surface area contributed by atoms with Crippen molar-refractivity contribution >= 4 is 28.0 Å². The molecule has 0 spiro atoms. The summed E-state index contributed by atoms with van der Waals surface area (Å²) in [5, 5.41) is 0.792. The van der Waals surface area contributed by atoms with E-state index in [1.54, 1.807) is 11.0 Å². The number of amides is 1. The molecule has 3 rings (SSSR count). The van der Waals surface area contributed by atoms with Crippen LogP contribution in [0.3, 0.4) is 0 Å². The van der Waals surface area contributed by atoms with Crippen molar-refractivity contribution in [3.63, 3.8) is 0 Å². The number of hydrogen-bond donors (Lipinski definition) is 0. The summed E-state index contributed by atoms with van der Waals surface area (Å²) in [5.41, 5.74) is 1.85. The Morgan fingerprint density at radius 3 is 2.83 bits per heavy atom.